The minimum absolute atomic E-state index is 0.0402. The average Bonchev–Trinajstić information content (AvgIpc) is 3.74. The lowest BCUT2D eigenvalue weighted by Crippen LogP contribution is -2.14. The second-order valence-corrected chi connectivity index (χ2v) is 18.2. The van der Waals surface area contributed by atoms with Crippen molar-refractivity contribution in [3.8, 4) is 78.6 Å². The minimum atomic E-state index is -0.593. The fourth-order valence-corrected chi connectivity index (χ4v) is 8.55. The van der Waals surface area contributed by atoms with E-state index in [0.29, 0.717) is 22.7 Å². The molecule has 9 rings (SSSR count). The number of para-hydroxylation sites is 1. The van der Waals surface area contributed by atoms with Gasteiger partial charge in [0.15, 0.2) is 0 Å². The van der Waals surface area contributed by atoms with Gasteiger partial charge in [0.1, 0.15) is 11.6 Å². The zero-order chi connectivity index (χ0) is 51.0. The van der Waals surface area contributed by atoms with Crippen LogP contribution in [-0.4, -0.2) is 21.6 Å². The normalized spacial score (nSPS) is 13.7. The van der Waals surface area contributed by atoms with E-state index in [1.54, 1.807) is 7.11 Å². The summed E-state index contributed by atoms with van der Waals surface area (Å²) >= 11 is 0. The molecule has 2 heterocycles. The first kappa shape index (κ1) is 32.6. The number of hydrogen-bond donors (Lipinski definition) is 0. The smallest absolute Gasteiger partial charge is 0.149 e. The summed E-state index contributed by atoms with van der Waals surface area (Å²) < 4.78 is 78.3. The first-order valence-corrected chi connectivity index (χ1v) is 21.3. The van der Waals surface area contributed by atoms with Crippen LogP contribution < -0.4 is 4.74 Å². The number of imidazole rings is 1. The predicted octanol–water partition coefficient (Wildman–Crippen LogP) is 15.6. The molecule has 63 heavy (non-hydrogen) atoms. The van der Waals surface area contributed by atoms with Crippen molar-refractivity contribution in [1.82, 2.24) is 14.5 Å². The van der Waals surface area contributed by atoms with Crippen molar-refractivity contribution in [2.45, 2.75) is 66.2 Å². The lowest BCUT2D eigenvalue weighted by molar-refractivity contribution is 0.413. The molecule has 0 aliphatic carbocycles. The highest BCUT2D eigenvalue weighted by Gasteiger charge is 2.28. The molecule has 4 heteroatoms. The molecule has 4 nitrogen and oxygen atoms in total. The van der Waals surface area contributed by atoms with Crippen LogP contribution in [0.4, 0.5) is 0 Å². The van der Waals surface area contributed by atoms with Gasteiger partial charge < -0.3 is 4.74 Å². The van der Waals surface area contributed by atoms with Gasteiger partial charge in [-0.3, -0.25) is 9.55 Å². The Hall–Kier alpha value is -7.04. The maximum absolute atomic E-state index is 9.57. The van der Waals surface area contributed by atoms with Gasteiger partial charge in [-0.05, 0) is 129 Å². The Morgan fingerprint density at radius 2 is 1.25 bits per heavy atom. The summed E-state index contributed by atoms with van der Waals surface area (Å²) in [4.78, 5) is 10.2. The van der Waals surface area contributed by atoms with Crippen molar-refractivity contribution in [1.29, 1.82) is 0 Å². The summed E-state index contributed by atoms with van der Waals surface area (Å²) in [5.74, 6) is 1.38. The molecule has 7 aromatic carbocycles. The van der Waals surface area contributed by atoms with E-state index in [1.165, 1.54) is 5.56 Å². The van der Waals surface area contributed by atoms with Crippen LogP contribution in [0.2, 0.25) is 0 Å². The molecule has 0 bridgehead atoms. The van der Waals surface area contributed by atoms with Crippen molar-refractivity contribution >= 4 is 11.0 Å². The number of benzene rings is 7. The van der Waals surface area contributed by atoms with E-state index in [4.69, 9.17) is 19.3 Å². The van der Waals surface area contributed by atoms with Crippen molar-refractivity contribution in [3.63, 3.8) is 0 Å². The molecule has 312 valence electrons. The molecule has 0 aliphatic heterocycles. The van der Waals surface area contributed by atoms with Gasteiger partial charge in [-0.1, -0.05) is 157 Å². The van der Waals surface area contributed by atoms with E-state index in [1.807, 2.05) is 43.3 Å². The van der Waals surface area contributed by atoms with Crippen LogP contribution in [0.25, 0.3) is 83.9 Å². The number of aromatic nitrogens is 3. The molecule has 0 atom stereocenters. The van der Waals surface area contributed by atoms with Gasteiger partial charge in [0.25, 0.3) is 0 Å². The molecule has 9 aromatic rings. The van der Waals surface area contributed by atoms with Crippen LogP contribution in [0, 0.1) is 13.8 Å². The van der Waals surface area contributed by atoms with Crippen molar-refractivity contribution in [2.75, 3.05) is 7.11 Å². The number of nitrogens with zero attached hydrogens (tertiary/aromatic N) is 3. The topological polar surface area (TPSA) is 39.9 Å². The van der Waals surface area contributed by atoms with Gasteiger partial charge in [0, 0.05) is 22.9 Å². The van der Waals surface area contributed by atoms with Crippen molar-refractivity contribution in [3.05, 3.63) is 192 Å². The van der Waals surface area contributed by atoms with E-state index in [0.717, 1.165) is 66.8 Å². The van der Waals surface area contributed by atoms with Gasteiger partial charge in [-0.15, -0.1) is 0 Å². The third kappa shape index (κ3) is 7.98. The maximum atomic E-state index is 9.57. The summed E-state index contributed by atoms with van der Waals surface area (Å²) in [6.45, 7) is 17.1. The highest BCUT2D eigenvalue weighted by molar-refractivity contribution is 5.98. The molecule has 0 unspecified atom stereocenters. The number of hydrogen-bond acceptors (Lipinski definition) is 3. The second-order valence-electron chi connectivity index (χ2n) is 18.2. The van der Waals surface area contributed by atoms with Crippen molar-refractivity contribution in [2.24, 2.45) is 0 Å². The SMILES string of the molecule is [2H]c1nc(-c2cc(-c3cccc4c3nc(-c3cc(C)cc(C)c3OC)n4-c3cc(-c4ccccc4)c(C(C)(C)C)cc3-c3ccccc3)cc(C(C)(C)C)c2)c([2H])c(-c2c([2H])c([2H])c([2H])c([2H])c2[2H])c1[2H]. The molecule has 0 saturated carbocycles. The first-order chi connectivity index (χ1) is 33.6. The fraction of sp³-hybridized carbons (Fsp3) is 0.186. The summed E-state index contributed by atoms with van der Waals surface area (Å²) in [6, 6.07) is 38.1. The molecule has 0 radical (unpaired) electrons. The Morgan fingerprint density at radius 1 is 0.571 bits per heavy atom. The van der Waals surface area contributed by atoms with E-state index < -0.39 is 47.8 Å². The summed E-state index contributed by atoms with van der Waals surface area (Å²) in [5, 5.41) is 0. The van der Waals surface area contributed by atoms with E-state index in [2.05, 4.69) is 143 Å². The number of pyridine rings is 1. The Bertz CT molecular complexity index is 3560. The average molecular weight is 830 g/mol. The fourth-order valence-electron chi connectivity index (χ4n) is 8.55. The Labute approximate surface area is 384 Å². The minimum Gasteiger partial charge on any atom is -0.496 e. The van der Waals surface area contributed by atoms with Crippen molar-refractivity contribution < 1.29 is 15.7 Å². The predicted molar refractivity (Wildman–Crippen MR) is 265 cm³/mol. The molecule has 0 saturated heterocycles. The zero-order valence-corrected chi connectivity index (χ0v) is 37.3. The van der Waals surface area contributed by atoms with Crippen LogP contribution in [0.5, 0.6) is 5.75 Å². The molecule has 0 spiro atoms. The third-order valence-electron chi connectivity index (χ3n) is 11.6. The number of ether oxygens (including phenoxy) is 1. The first-order valence-electron chi connectivity index (χ1n) is 25.3. The summed E-state index contributed by atoms with van der Waals surface area (Å²) in [6.07, 6.45) is -0.491. The lowest BCUT2D eigenvalue weighted by atomic mass is 9.79. The molecular weight excluding hydrogens is 767 g/mol. The van der Waals surface area contributed by atoms with Crippen LogP contribution >= 0.6 is 0 Å². The molecule has 0 aliphatic rings. The molecule has 0 fully saturated rings. The van der Waals surface area contributed by atoms with E-state index in [9.17, 15) is 1.37 Å². The standard InChI is InChI=1S/C59H55N3O/c1-38-30-39(2)56(63-9)50(31-38)57-61-55-47(44-32-45(34-46(33-44)58(3,4)5)52-35-43(28-29-60-52)40-20-13-10-14-21-40)26-19-27-53(55)62(57)54-37-48(41-22-15-11-16-23-41)51(59(6,7)8)36-49(54)42-24-17-12-18-25-42/h10-37H,1-9H3/i10D,13D,14D,20D,21D,28D,29D,35D. The summed E-state index contributed by atoms with van der Waals surface area (Å²) in [7, 11) is 1.69. The Morgan fingerprint density at radius 3 is 1.92 bits per heavy atom. The van der Waals surface area contributed by atoms with Gasteiger partial charge in [-0.2, -0.15) is 0 Å². The number of aryl methyl sites for hydroxylation is 2. The van der Waals surface area contributed by atoms with Gasteiger partial charge in [0.2, 0.25) is 0 Å². The van der Waals surface area contributed by atoms with Gasteiger partial charge >= 0.3 is 0 Å². The Balaban J connectivity index is 1.39. The van der Waals surface area contributed by atoms with E-state index in [-0.39, 0.29) is 28.3 Å². The van der Waals surface area contributed by atoms with Crippen LogP contribution in [0.1, 0.15) is 74.8 Å². The number of fused-ring (bicyclic) bond motifs is 1. The van der Waals surface area contributed by atoms with Crippen LogP contribution in [0.15, 0.2) is 170 Å². The summed E-state index contributed by atoms with van der Waals surface area (Å²) in [5.41, 5.74) is 12.4. The molecular formula is C59H55N3O. The van der Waals surface area contributed by atoms with Gasteiger partial charge in [-0.25, -0.2) is 4.98 Å². The van der Waals surface area contributed by atoms with E-state index >= 15 is 0 Å². The number of rotatable bonds is 8. The second kappa shape index (κ2) is 16.3. The molecule has 0 N–H and O–H groups in total. The Kier molecular flexibility index (Phi) is 8.47. The third-order valence-corrected chi connectivity index (χ3v) is 11.6. The zero-order valence-electron chi connectivity index (χ0n) is 45.3. The molecule has 0 amide bonds. The maximum Gasteiger partial charge on any atom is 0.149 e. The van der Waals surface area contributed by atoms with Crippen LogP contribution in [-0.2, 0) is 10.8 Å². The quantitative estimate of drug-likeness (QED) is 0.153. The molecule has 2 aromatic heterocycles. The highest BCUT2D eigenvalue weighted by Crippen LogP contribution is 2.46. The highest BCUT2D eigenvalue weighted by atomic mass is 16.5. The number of methoxy groups -OCH3 is 1. The van der Waals surface area contributed by atoms with Crippen LogP contribution in [0.3, 0.4) is 0 Å². The largest absolute Gasteiger partial charge is 0.496 e. The lowest BCUT2D eigenvalue weighted by Gasteiger charge is -2.27. The monoisotopic (exact) mass is 829 g/mol. The van der Waals surface area contributed by atoms with Gasteiger partial charge in [0.05, 0.1) is 46.1 Å².